The van der Waals surface area contributed by atoms with Crippen molar-refractivity contribution in [3.05, 3.63) is 35.9 Å². The van der Waals surface area contributed by atoms with E-state index in [9.17, 15) is 24.0 Å². The van der Waals surface area contributed by atoms with E-state index in [1.807, 2.05) is 30.3 Å². The third-order valence-corrected chi connectivity index (χ3v) is 5.38. The number of hydrogen-bond donors (Lipinski definition) is 1. The van der Waals surface area contributed by atoms with Gasteiger partial charge in [0, 0.05) is 47.1 Å². The molecule has 1 unspecified atom stereocenters. The number of benzene rings is 1. The molecule has 1 N–H and O–H groups in total. The van der Waals surface area contributed by atoms with Crippen molar-refractivity contribution >= 4 is 29.8 Å². The Morgan fingerprint density at radius 3 is 2.24 bits per heavy atom. The molecule has 0 aliphatic carbocycles. The highest BCUT2D eigenvalue weighted by molar-refractivity contribution is 5.76. The van der Waals surface area contributed by atoms with E-state index >= 15 is 0 Å². The van der Waals surface area contributed by atoms with Crippen LogP contribution < -0.4 is 5.32 Å². The van der Waals surface area contributed by atoms with Gasteiger partial charge in [-0.2, -0.15) is 0 Å². The lowest BCUT2D eigenvalue weighted by Crippen LogP contribution is -2.56. The van der Waals surface area contributed by atoms with Gasteiger partial charge in [0.2, 0.25) is 5.91 Å². The van der Waals surface area contributed by atoms with Crippen LogP contribution in [0.4, 0.5) is 0 Å². The van der Waals surface area contributed by atoms with Gasteiger partial charge in [-0.15, -0.1) is 0 Å². The molecule has 1 aliphatic heterocycles. The number of amides is 1. The molecule has 0 spiro atoms. The van der Waals surface area contributed by atoms with Crippen molar-refractivity contribution in [2.45, 2.75) is 84.3 Å². The Labute approximate surface area is 221 Å². The summed E-state index contributed by atoms with van der Waals surface area (Å²) in [7, 11) is 0. The van der Waals surface area contributed by atoms with E-state index in [2.05, 4.69) is 5.32 Å². The number of rotatable bonds is 13. The first-order valence-electron chi connectivity index (χ1n) is 12.3. The largest absolute Gasteiger partial charge is 0.462 e. The van der Waals surface area contributed by atoms with Crippen LogP contribution in [-0.4, -0.2) is 73.6 Å². The molecule has 1 aromatic carbocycles. The minimum Gasteiger partial charge on any atom is -0.462 e. The topological polar surface area (TPSA) is 153 Å². The molecule has 12 heteroatoms. The Morgan fingerprint density at radius 2 is 1.63 bits per heavy atom. The fourth-order valence-electron chi connectivity index (χ4n) is 3.81. The van der Waals surface area contributed by atoms with Crippen LogP contribution >= 0.6 is 0 Å². The van der Waals surface area contributed by atoms with Crippen LogP contribution in [-0.2, 0) is 59.0 Å². The van der Waals surface area contributed by atoms with Crippen molar-refractivity contribution in [1.82, 2.24) is 5.32 Å². The Balaban J connectivity index is 2.03. The minimum atomic E-state index is -0.981. The summed E-state index contributed by atoms with van der Waals surface area (Å²) in [5.41, 5.74) is 0.906. The molecule has 1 saturated heterocycles. The SMILES string of the molecule is CC(=O)OCC(CCC(=O)NC[C@H]1O[C@H](OCc2ccccc2)C[C@@H](OC(C)=O)[C@@H]1OC(C)=O)OC(C)=O. The van der Waals surface area contributed by atoms with Gasteiger partial charge in [0.25, 0.3) is 0 Å². The van der Waals surface area contributed by atoms with Crippen LogP contribution in [0.2, 0.25) is 0 Å². The molecule has 1 aliphatic rings. The van der Waals surface area contributed by atoms with Gasteiger partial charge >= 0.3 is 23.9 Å². The lowest BCUT2D eigenvalue weighted by Gasteiger charge is -2.40. The molecular weight excluding hydrogens is 502 g/mol. The number of carbonyl (C=O) groups excluding carboxylic acids is 5. The highest BCUT2D eigenvalue weighted by Gasteiger charge is 2.43. The molecule has 1 heterocycles. The van der Waals surface area contributed by atoms with Gasteiger partial charge < -0.3 is 33.7 Å². The van der Waals surface area contributed by atoms with Crippen molar-refractivity contribution in [1.29, 1.82) is 0 Å². The third-order valence-electron chi connectivity index (χ3n) is 5.38. The van der Waals surface area contributed by atoms with Crippen LogP contribution in [0.15, 0.2) is 30.3 Å². The lowest BCUT2D eigenvalue weighted by atomic mass is 10.00. The van der Waals surface area contributed by atoms with Crippen LogP contribution in [0.1, 0.15) is 52.5 Å². The zero-order valence-electron chi connectivity index (χ0n) is 22.0. The van der Waals surface area contributed by atoms with Crippen molar-refractivity contribution in [3.63, 3.8) is 0 Å². The van der Waals surface area contributed by atoms with Crippen LogP contribution in [0.25, 0.3) is 0 Å². The fraction of sp³-hybridized carbons (Fsp3) is 0.577. The predicted octanol–water partition coefficient (Wildman–Crippen LogP) is 1.57. The minimum absolute atomic E-state index is 0.0501. The van der Waals surface area contributed by atoms with E-state index in [1.165, 1.54) is 27.7 Å². The van der Waals surface area contributed by atoms with Gasteiger partial charge in [-0.3, -0.25) is 24.0 Å². The average Bonchev–Trinajstić information content (AvgIpc) is 2.84. The monoisotopic (exact) mass is 537 g/mol. The van der Waals surface area contributed by atoms with Crippen molar-refractivity contribution in [2.24, 2.45) is 0 Å². The molecule has 2 rings (SSSR count). The molecule has 1 fully saturated rings. The predicted molar refractivity (Wildman–Crippen MR) is 130 cm³/mol. The Hall–Kier alpha value is -3.51. The van der Waals surface area contributed by atoms with Gasteiger partial charge in [0.1, 0.15) is 24.9 Å². The second-order valence-electron chi connectivity index (χ2n) is 8.74. The molecule has 0 bridgehead atoms. The summed E-state index contributed by atoms with van der Waals surface area (Å²) in [4.78, 5) is 58.5. The maximum absolute atomic E-state index is 12.6. The molecule has 0 saturated carbocycles. The van der Waals surface area contributed by atoms with Gasteiger partial charge in [-0.1, -0.05) is 30.3 Å². The van der Waals surface area contributed by atoms with Crippen molar-refractivity contribution < 1.29 is 52.4 Å². The van der Waals surface area contributed by atoms with E-state index in [0.29, 0.717) is 0 Å². The lowest BCUT2D eigenvalue weighted by molar-refractivity contribution is -0.261. The summed E-state index contributed by atoms with van der Waals surface area (Å²) in [6.45, 7) is 4.88. The van der Waals surface area contributed by atoms with E-state index in [1.54, 1.807) is 0 Å². The fourth-order valence-corrected chi connectivity index (χ4v) is 3.81. The molecule has 5 atom stereocenters. The van der Waals surface area contributed by atoms with E-state index in [-0.39, 0.29) is 39.0 Å². The number of nitrogens with one attached hydrogen (secondary N) is 1. The molecule has 210 valence electrons. The summed E-state index contributed by atoms with van der Waals surface area (Å²) >= 11 is 0. The van der Waals surface area contributed by atoms with E-state index < -0.39 is 60.5 Å². The number of carbonyl (C=O) groups is 5. The Bertz CT molecular complexity index is 952. The van der Waals surface area contributed by atoms with Crippen molar-refractivity contribution in [3.8, 4) is 0 Å². The average molecular weight is 538 g/mol. The highest BCUT2D eigenvalue weighted by Crippen LogP contribution is 2.27. The molecule has 0 aromatic heterocycles. The van der Waals surface area contributed by atoms with Gasteiger partial charge in [-0.05, 0) is 12.0 Å². The van der Waals surface area contributed by atoms with E-state index in [4.69, 9.17) is 28.4 Å². The standard InChI is InChI=1S/C26H35NO11/c1-16(28)33-15-21(35-17(2)29)10-11-24(32)27-13-23-26(37-19(4)31)22(36-18(3)30)12-25(38-23)34-14-20-8-6-5-7-9-20/h5-9,21-23,25-26H,10-15H2,1-4H3,(H,27,32)/t21?,22-,23-,25+,26+/m1/s1. The molecule has 38 heavy (non-hydrogen) atoms. The number of esters is 4. The molecule has 1 aromatic rings. The van der Waals surface area contributed by atoms with Gasteiger partial charge in [0.05, 0.1) is 6.61 Å². The third kappa shape index (κ3) is 11.7. The maximum atomic E-state index is 12.6. The highest BCUT2D eigenvalue weighted by atomic mass is 16.7. The smallest absolute Gasteiger partial charge is 0.303 e. The summed E-state index contributed by atoms with van der Waals surface area (Å²) in [6.07, 6.45) is -4.13. The first-order chi connectivity index (χ1) is 18.0. The summed E-state index contributed by atoms with van der Waals surface area (Å²) < 4.78 is 32.7. The molecule has 12 nitrogen and oxygen atoms in total. The summed E-state index contributed by atoms with van der Waals surface area (Å²) in [5.74, 6) is -2.69. The zero-order chi connectivity index (χ0) is 28.1. The van der Waals surface area contributed by atoms with Crippen LogP contribution in [0.5, 0.6) is 0 Å². The maximum Gasteiger partial charge on any atom is 0.303 e. The second kappa shape index (κ2) is 15.7. The molecule has 0 radical (unpaired) electrons. The molecule has 1 amide bonds. The second-order valence-corrected chi connectivity index (χ2v) is 8.74. The Morgan fingerprint density at radius 1 is 0.947 bits per heavy atom. The normalized spacial score (nSPS) is 21.5. The Kier molecular flexibility index (Phi) is 12.7. The summed E-state index contributed by atoms with van der Waals surface area (Å²) in [5, 5.41) is 2.70. The first-order valence-corrected chi connectivity index (χ1v) is 12.3. The van der Waals surface area contributed by atoms with Crippen LogP contribution in [0, 0.1) is 0 Å². The number of hydrogen-bond acceptors (Lipinski definition) is 11. The summed E-state index contributed by atoms with van der Waals surface area (Å²) in [6, 6.07) is 9.39. The van der Waals surface area contributed by atoms with Crippen molar-refractivity contribution in [2.75, 3.05) is 13.2 Å². The van der Waals surface area contributed by atoms with E-state index in [0.717, 1.165) is 5.56 Å². The quantitative estimate of drug-likeness (QED) is 0.288. The molecular formula is C26H35NO11. The van der Waals surface area contributed by atoms with Gasteiger partial charge in [0.15, 0.2) is 12.4 Å². The number of ether oxygens (including phenoxy) is 6. The van der Waals surface area contributed by atoms with Crippen LogP contribution in [0.3, 0.4) is 0 Å². The zero-order valence-corrected chi connectivity index (χ0v) is 22.0. The van der Waals surface area contributed by atoms with Gasteiger partial charge in [-0.25, -0.2) is 0 Å². The first kappa shape index (κ1) is 30.7.